The Balaban J connectivity index is 1.99. The topological polar surface area (TPSA) is 116 Å². The lowest BCUT2D eigenvalue weighted by atomic mass is 10.1. The largest absolute Gasteiger partial charge is 0.457 e. The van der Waals surface area contributed by atoms with Gasteiger partial charge in [-0.2, -0.15) is 4.90 Å². The van der Waals surface area contributed by atoms with E-state index in [1.165, 1.54) is 6.20 Å². The Labute approximate surface area is 234 Å². The zero-order valence-electron chi connectivity index (χ0n) is 24.4. The summed E-state index contributed by atoms with van der Waals surface area (Å²) in [6.07, 6.45) is -0.887. The lowest BCUT2D eigenvalue weighted by Crippen LogP contribution is -2.43. The van der Waals surface area contributed by atoms with Gasteiger partial charge in [0.05, 0.1) is 5.69 Å². The average Bonchev–Trinajstić information content (AvgIpc) is 2.77. The van der Waals surface area contributed by atoms with E-state index in [2.05, 4.69) is 10.3 Å². The minimum atomic E-state index is -0.868. The van der Waals surface area contributed by atoms with Gasteiger partial charge in [0.2, 0.25) is 0 Å². The molecular weight excluding hydrogens is 514 g/mol. The van der Waals surface area contributed by atoms with Crippen LogP contribution in [0.5, 0.6) is 11.5 Å². The molecule has 214 valence electrons. The second-order valence-corrected chi connectivity index (χ2v) is 12.0. The van der Waals surface area contributed by atoms with Crippen molar-refractivity contribution in [1.29, 1.82) is 0 Å². The molecule has 0 aliphatic heterocycles. The SMILES string of the molecule is CC(C)(C)OC(=O)Nc1cc(Oc2ccc(N(C(=O)OC(C)(C)C)C(=O)OC(C)(C)C)c3ccccc23)ccn1. The molecule has 2 aromatic carbocycles. The van der Waals surface area contributed by atoms with Gasteiger partial charge >= 0.3 is 18.3 Å². The van der Waals surface area contributed by atoms with Gasteiger partial charge in [0.1, 0.15) is 34.1 Å². The standard InChI is InChI=1S/C30H37N3O7/c1-28(2,3)38-25(34)32-24-18-19(16-17-31-24)37-23-15-14-22(20-12-10-11-13-21(20)23)33(26(35)39-29(4,5)6)27(36)40-30(7,8)9/h10-18H,1-9H3,(H,31,32,34). The highest BCUT2D eigenvalue weighted by Crippen LogP contribution is 2.37. The van der Waals surface area contributed by atoms with Crippen molar-refractivity contribution < 1.29 is 33.3 Å². The second-order valence-electron chi connectivity index (χ2n) is 12.0. The molecule has 0 radical (unpaired) electrons. The van der Waals surface area contributed by atoms with Gasteiger partial charge in [-0.3, -0.25) is 5.32 Å². The number of imide groups is 1. The van der Waals surface area contributed by atoms with Gasteiger partial charge in [-0.1, -0.05) is 24.3 Å². The van der Waals surface area contributed by atoms with E-state index in [-0.39, 0.29) is 11.5 Å². The molecule has 0 atom stereocenters. The third-order valence-electron chi connectivity index (χ3n) is 4.84. The number of amides is 3. The fourth-order valence-corrected chi connectivity index (χ4v) is 3.50. The minimum Gasteiger partial charge on any atom is -0.457 e. The Morgan fingerprint density at radius 3 is 1.82 bits per heavy atom. The van der Waals surface area contributed by atoms with Gasteiger partial charge in [-0.15, -0.1) is 0 Å². The van der Waals surface area contributed by atoms with E-state index < -0.39 is 35.1 Å². The number of carbonyl (C=O) groups is 3. The van der Waals surface area contributed by atoms with Crippen LogP contribution in [0.25, 0.3) is 10.8 Å². The number of aromatic nitrogens is 1. The molecule has 0 fully saturated rings. The number of rotatable bonds is 4. The number of ether oxygens (including phenoxy) is 4. The van der Waals surface area contributed by atoms with Crippen LogP contribution in [0.4, 0.5) is 25.9 Å². The van der Waals surface area contributed by atoms with E-state index in [0.29, 0.717) is 22.3 Å². The van der Waals surface area contributed by atoms with E-state index in [1.54, 1.807) is 105 Å². The van der Waals surface area contributed by atoms with Gasteiger partial charge in [0, 0.05) is 23.0 Å². The average molecular weight is 552 g/mol. The third kappa shape index (κ3) is 8.59. The van der Waals surface area contributed by atoms with Crippen molar-refractivity contribution in [2.75, 3.05) is 10.2 Å². The molecule has 0 aliphatic carbocycles. The number of pyridine rings is 1. The lowest BCUT2D eigenvalue weighted by Gasteiger charge is -2.29. The Hall–Kier alpha value is -4.34. The molecule has 0 bridgehead atoms. The van der Waals surface area contributed by atoms with Gasteiger partial charge < -0.3 is 18.9 Å². The van der Waals surface area contributed by atoms with Crippen molar-refractivity contribution in [2.24, 2.45) is 0 Å². The number of nitrogens with one attached hydrogen (secondary N) is 1. The molecule has 3 aromatic rings. The fraction of sp³-hybridized carbons (Fsp3) is 0.400. The first-order valence-electron chi connectivity index (χ1n) is 12.8. The van der Waals surface area contributed by atoms with Crippen LogP contribution < -0.4 is 15.0 Å². The quantitative estimate of drug-likeness (QED) is 0.324. The smallest absolute Gasteiger partial charge is 0.424 e. The van der Waals surface area contributed by atoms with Crippen LogP contribution >= 0.6 is 0 Å². The molecular formula is C30H37N3O7. The molecule has 3 rings (SSSR count). The summed E-state index contributed by atoms with van der Waals surface area (Å²) in [6, 6.07) is 13.6. The van der Waals surface area contributed by atoms with Crippen LogP contribution in [0.15, 0.2) is 54.7 Å². The Bertz CT molecular complexity index is 1370. The van der Waals surface area contributed by atoms with E-state index in [4.69, 9.17) is 18.9 Å². The third-order valence-corrected chi connectivity index (χ3v) is 4.84. The van der Waals surface area contributed by atoms with Crippen molar-refractivity contribution >= 4 is 40.6 Å². The van der Waals surface area contributed by atoms with Crippen molar-refractivity contribution in [1.82, 2.24) is 4.98 Å². The van der Waals surface area contributed by atoms with Crippen LogP contribution in [0.3, 0.4) is 0 Å². The number of hydrogen-bond donors (Lipinski definition) is 1. The number of carbonyl (C=O) groups excluding carboxylic acids is 3. The predicted molar refractivity (Wildman–Crippen MR) is 153 cm³/mol. The van der Waals surface area contributed by atoms with E-state index in [0.717, 1.165) is 4.90 Å². The molecule has 0 aliphatic rings. The van der Waals surface area contributed by atoms with E-state index in [1.807, 2.05) is 6.07 Å². The van der Waals surface area contributed by atoms with Crippen LogP contribution in [0.1, 0.15) is 62.3 Å². The Morgan fingerprint density at radius 1 is 0.725 bits per heavy atom. The molecule has 1 aromatic heterocycles. The van der Waals surface area contributed by atoms with Crippen molar-refractivity contribution in [3.8, 4) is 11.5 Å². The maximum atomic E-state index is 13.2. The summed E-state index contributed by atoms with van der Waals surface area (Å²) in [5.74, 6) is 1.09. The van der Waals surface area contributed by atoms with E-state index in [9.17, 15) is 14.4 Å². The van der Waals surface area contributed by atoms with Crippen molar-refractivity contribution in [2.45, 2.75) is 79.1 Å². The highest BCUT2D eigenvalue weighted by molar-refractivity contribution is 6.15. The van der Waals surface area contributed by atoms with Gasteiger partial charge in [-0.05, 0) is 80.5 Å². The number of anilines is 2. The molecule has 40 heavy (non-hydrogen) atoms. The maximum absolute atomic E-state index is 13.2. The summed E-state index contributed by atoms with van der Waals surface area (Å²) in [5.41, 5.74) is -2.08. The van der Waals surface area contributed by atoms with Gasteiger partial charge in [0.15, 0.2) is 0 Å². The molecule has 1 heterocycles. The highest BCUT2D eigenvalue weighted by Gasteiger charge is 2.34. The fourth-order valence-electron chi connectivity index (χ4n) is 3.50. The Morgan fingerprint density at radius 2 is 1.27 bits per heavy atom. The molecule has 0 saturated heterocycles. The Kier molecular flexibility index (Phi) is 8.62. The number of benzene rings is 2. The minimum absolute atomic E-state index is 0.244. The first-order chi connectivity index (χ1) is 18.4. The molecule has 0 unspecified atom stereocenters. The normalized spacial score (nSPS) is 11.9. The molecule has 3 amide bonds. The highest BCUT2D eigenvalue weighted by atomic mass is 16.6. The van der Waals surface area contributed by atoms with Crippen molar-refractivity contribution in [3.63, 3.8) is 0 Å². The van der Waals surface area contributed by atoms with Crippen LogP contribution in [0.2, 0.25) is 0 Å². The number of hydrogen-bond acceptors (Lipinski definition) is 8. The van der Waals surface area contributed by atoms with Crippen LogP contribution in [0, 0.1) is 0 Å². The summed E-state index contributed by atoms with van der Waals surface area (Å²) in [6.45, 7) is 15.6. The monoisotopic (exact) mass is 551 g/mol. The van der Waals surface area contributed by atoms with Gasteiger partial charge in [-0.25, -0.2) is 19.4 Å². The molecule has 10 nitrogen and oxygen atoms in total. The van der Waals surface area contributed by atoms with Crippen LogP contribution in [-0.4, -0.2) is 40.1 Å². The summed E-state index contributed by atoms with van der Waals surface area (Å²) in [4.78, 5) is 43.7. The molecule has 0 saturated carbocycles. The summed E-state index contributed by atoms with van der Waals surface area (Å²) < 4.78 is 22.5. The first kappa shape index (κ1) is 30.2. The zero-order valence-corrected chi connectivity index (χ0v) is 24.4. The summed E-state index contributed by atoms with van der Waals surface area (Å²) in [5, 5.41) is 3.76. The molecule has 10 heteroatoms. The van der Waals surface area contributed by atoms with Crippen molar-refractivity contribution in [3.05, 3.63) is 54.7 Å². The molecule has 1 N–H and O–H groups in total. The maximum Gasteiger partial charge on any atom is 0.424 e. The lowest BCUT2D eigenvalue weighted by molar-refractivity contribution is 0.0430. The first-order valence-corrected chi connectivity index (χ1v) is 12.8. The van der Waals surface area contributed by atoms with Gasteiger partial charge in [0.25, 0.3) is 0 Å². The predicted octanol–water partition coefficient (Wildman–Crippen LogP) is 8.05. The summed E-state index contributed by atoms with van der Waals surface area (Å²) in [7, 11) is 0. The zero-order chi connectivity index (χ0) is 29.9. The second kappa shape index (κ2) is 11.4. The van der Waals surface area contributed by atoms with E-state index >= 15 is 0 Å². The number of fused-ring (bicyclic) bond motifs is 1. The van der Waals surface area contributed by atoms with Crippen LogP contribution in [-0.2, 0) is 14.2 Å². The summed E-state index contributed by atoms with van der Waals surface area (Å²) >= 11 is 0. The number of nitrogens with zero attached hydrogens (tertiary/aromatic N) is 2. The molecule has 0 spiro atoms.